The highest BCUT2D eigenvalue weighted by Crippen LogP contribution is 2.31. The first-order valence-electron chi connectivity index (χ1n) is 8.32. The second kappa shape index (κ2) is 9.14. The Balaban J connectivity index is 2.03. The van der Waals surface area contributed by atoms with Crippen molar-refractivity contribution < 1.29 is 4.74 Å². The Hall–Kier alpha value is -1.09. The summed E-state index contributed by atoms with van der Waals surface area (Å²) in [6.07, 6.45) is 11.9. The number of allylic oxidation sites excluding steroid dienone is 1. The summed E-state index contributed by atoms with van der Waals surface area (Å²) >= 11 is 3.54. The molecule has 0 aromatic heterocycles. The minimum Gasteiger partial charge on any atom is -0.493 e. The van der Waals surface area contributed by atoms with Crippen LogP contribution in [0.2, 0.25) is 0 Å². The number of nitrogens with zero attached hydrogens (tertiary/aromatic N) is 1. The monoisotopic (exact) mass is 363 g/mol. The molecule has 1 aromatic rings. The summed E-state index contributed by atoms with van der Waals surface area (Å²) in [5.41, 5.74) is 2.01. The third-order valence-electron chi connectivity index (χ3n) is 4.27. The normalized spacial score (nSPS) is 17.1. The van der Waals surface area contributed by atoms with E-state index in [1.807, 2.05) is 38.3 Å². The molecular formula is C19H26BrNO. The molecule has 2 rings (SSSR count). The molecule has 22 heavy (non-hydrogen) atoms. The van der Waals surface area contributed by atoms with Crippen LogP contribution < -0.4 is 4.74 Å². The Morgan fingerprint density at radius 3 is 2.73 bits per heavy atom. The van der Waals surface area contributed by atoms with Gasteiger partial charge in [-0.1, -0.05) is 54.1 Å². The smallest absolute Gasteiger partial charge is 0.128 e. The molecule has 0 unspecified atom stereocenters. The van der Waals surface area contributed by atoms with Crippen molar-refractivity contribution in [2.45, 2.75) is 52.4 Å². The third-order valence-corrected chi connectivity index (χ3v) is 4.76. The molecule has 2 nitrogen and oxygen atoms in total. The predicted molar refractivity (Wildman–Crippen MR) is 98.6 cm³/mol. The lowest BCUT2D eigenvalue weighted by molar-refractivity contribution is 0.246. The van der Waals surface area contributed by atoms with Crippen molar-refractivity contribution in [2.24, 2.45) is 10.9 Å². The molecule has 0 heterocycles. The number of halogens is 1. The fourth-order valence-electron chi connectivity index (χ4n) is 3.08. The topological polar surface area (TPSA) is 21.6 Å². The number of benzene rings is 1. The van der Waals surface area contributed by atoms with Gasteiger partial charge in [0, 0.05) is 16.3 Å². The average Bonchev–Trinajstić information content (AvgIpc) is 2.55. The lowest BCUT2D eigenvalue weighted by Gasteiger charge is -2.21. The summed E-state index contributed by atoms with van der Waals surface area (Å²) in [6, 6.07) is 6.15. The summed E-state index contributed by atoms with van der Waals surface area (Å²) in [5.74, 6) is 1.78. The van der Waals surface area contributed by atoms with Crippen molar-refractivity contribution in [1.82, 2.24) is 0 Å². The van der Waals surface area contributed by atoms with Gasteiger partial charge in [-0.15, -0.1) is 0 Å². The number of hydrogen-bond donors (Lipinski definition) is 0. The van der Waals surface area contributed by atoms with Crippen molar-refractivity contribution in [1.29, 1.82) is 0 Å². The standard InChI is InChI=1S/C19H26BrNO/c1-3-18(21-4-2)17-14-16(20)10-11-19(17)22-13-12-15-8-6-5-7-9-15/h3-4,10-11,14-15H,5-9,12-13H2,1-2H3/b18-3-,21-4?. The van der Waals surface area contributed by atoms with Crippen LogP contribution in [0.25, 0.3) is 5.70 Å². The van der Waals surface area contributed by atoms with Gasteiger partial charge < -0.3 is 4.74 Å². The summed E-state index contributed by atoms with van der Waals surface area (Å²) in [4.78, 5) is 4.45. The maximum atomic E-state index is 6.09. The van der Waals surface area contributed by atoms with Crippen molar-refractivity contribution >= 4 is 27.8 Å². The second-order valence-electron chi connectivity index (χ2n) is 5.84. The maximum Gasteiger partial charge on any atom is 0.128 e. The first-order chi connectivity index (χ1) is 10.7. The van der Waals surface area contributed by atoms with Crippen LogP contribution in [0.1, 0.15) is 57.9 Å². The predicted octanol–water partition coefficient (Wildman–Crippen LogP) is 6.25. The van der Waals surface area contributed by atoms with E-state index in [9.17, 15) is 0 Å². The van der Waals surface area contributed by atoms with Crippen LogP contribution >= 0.6 is 15.9 Å². The van der Waals surface area contributed by atoms with Gasteiger partial charge in [-0.05, 0) is 44.4 Å². The van der Waals surface area contributed by atoms with E-state index < -0.39 is 0 Å². The van der Waals surface area contributed by atoms with Gasteiger partial charge in [0.1, 0.15) is 5.75 Å². The minimum atomic E-state index is 0.798. The van der Waals surface area contributed by atoms with Gasteiger partial charge in [0.05, 0.1) is 12.3 Å². The highest BCUT2D eigenvalue weighted by molar-refractivity contribution is 9.10. The SMILES string of the molecule is CC=N/C(=C\C)c1cc(Br)ccc1OCCC1CCCCC1. The molecule has 0 N–H and O–H groups in total. The Morgan fingerprint density at radius 1 is 1.27 bits per heavy atom. The van der Waals surface area contributed by atoms with Gasteiger partial charge in [0.2, 0.25) is 0 Å². The molecule has 0 saturated heterocycles. The molecule has 120 valence electrons. The lowest BCUT2D eigenvalue weighted by atomic mass is 9.87. The van der Waals surface area contributed by atoms with E-state index in [1.165, 1.54) is 32.1 Å². The first-order valence-corrected chi connectivity index (χ1v) is 9.11. The molecule has 0 aliphatic heterocycles. The summed E-state index contributed by atoms with van der Waals surface area (Å²) in [7, 11) is 0. The summed E-state index contributed by atoms with van der Waals surface area (Å²) < 4.78 is 7.14. The number of rotatable bonds is 6. The zero-order valence-electron chi connectivity index (χ0n) is 13.6. The van der Waals surface area contributed by atoms with E-state index in [0.29, 0.717) is 0 Å². The highest BCUT2D eigenvalue weighted by Gasteiger charge is 2.14. The van der Waals surface area contributed by atoms with Crippen LogP contribution in [-0.4, -0.2) is 12.8 Å². The van der Waals surface area contributed by atoms with E-state index in [2.05, 4.69) is 27.0 Å². The molecular weight excluding hydrogens is 338 g/mol. The Kier molecular flexibility index (Phi) is 7.17. The van der Waals surface area contributed by atoms with Crippen molar-refractivity contribution in [3.8, 4) is 5.75 Å². The van der Waals surface area contributed by atoms with Gasteiger partial charge >= 0.3 is 0 Å². The zero-order chi connectivity index (χ0) is 15.8. The number of hydrogen-bond acceptors (Lipinski definition) is 2. The van der Waals surface area contributed by atoms with Crippen molar-refractivity contribution in [3.63, 3.8) is 0 Å². The van der Waals surface area contributed by atoms with E-state index >= 15 is 0 Å². The van der Waals surface area contributed by atoms with Gasteiger partial charge in [0.25, 0.3) is 0 Å². The third kappa shape index (κ3) is 4.98. The van der Waals surface area contributed by atoms with Crippen LogP contribution in [-0.2, 0) is 0 Å². The zero-order valence-corrected chi connectivity index (χ0v) is 15.2. The van der Waals surface area contributed by atoms with Gasteiger partial charge in [0.15, 0.2) is 0 Å². The quantitative estimate of drug-likeness (QED) is 0.547. The van der Waals surface area contributed by atoms with Gasteiger partial charge in [-0.25, -0.2) is 0 Å². The van der Waals surface area contributed by atoms with E-state index in [1.54, 1.807) is 0 Å². The van der Waals surface area contributed by atoms with Crippen molar-refractivity contribution in [2.75, 3.05) is 6.61 Å². The lowest BCUT2D eigenvalue weighted by Crippen LogP contribution is -2.11. The van der Waals surface area contributed by atoms with Crippen LogP contribution in [0, 0.1) is 5.92 Å². The maximum absolute atomic E-state index is 6.09. The molecule has 1 saturated carbocycles. The van der Waals surface area contributed by atoms with Gasteiger partial charge in [-0.3, -0.25) is 4.99 Å². The van der Waals surface area contributed by atoms with Crippen molar-refractivity contribution in [3.05, 3.63) is 34.3 Å². The fraction of sp³-hybridized carbons (Fsp3) is 0.526. The number of ether oxygens (including phenoxy) is 1. The Labute approximate surface area is 142 Å². The molecule has 3 heteroatoms. The highest BCUT2D eigenvalue weighted by atomic mass is 79.9. The molecule has 0 spiro atoms. The fourth-order valence-corrected chi connectivity index (χ4v) is 3.44. The van der Waals surface area contributed by atoms with E-state index in [4.69, 9.17) is 4.74 Å². The molecule has 1 fully saturated rings. The summed E-state index contributed by atoms with van der Waals surface area (Å²) in [5, 5.41) is 0. The molecule has 0 amide bonds. The van der Waals surface area contributed by atoms with Crippen LogP contribution in [0.3, 0.4) is 0 Å². The Morgan fingerprint density at radius 2 is 2.05 bits per heavy atom. The van der Waals surface area contributed by atoms with Gasteiger partial charge in [-0.2, -0.15) is 0 Å². The molecule has 1 aliphatic carbocycles. The Bertz CT molecular complexity index is 530. The van der Waals surface area contributed by atoms with E-state index in [0.717, 1.165) is 40.4 Å². The summed E-state index contributed by atoms with van der Waals surface area (Å²) in [6.45, 7) is 4.74. The molecule has 0 radical (unpaired) electrons. The number of aliphatic imine (C=N–C) groups is 1. The molecule has 1 aromatic carbocycles. The average molecular weight is 364 g/mol. The van der Waals surface area contributed by atoms with E-state index in [-0.39, 0.29) is 0 Å². The molecule has 1 aliphatic rings. The van der Waals surface area contributed by atoms with Crippen LogP contribution in [0.4, 0.5) is 0 Å². The minimum absolute atomic E-state index is 0.798. The largest absolute Gasteiger partial charge is 0.493 e. The van der Waals surface area contributed by atoms with Crippen LogP contribution in [0.5, 0.6) is 5.75 Å². The van der Waals surface area contributed by atoms with Crippen LogP contribution in [0.15, 0.2) is 33.7 Å². The molecule has 0 atom stereocenters. The molecule has 0 bridgehead atoms. The first kappa shape index (κ1) is 17.3. The second-order valence-corrected chi connectivity index (χ2v) is 6.76.